The fourth-order valence-corrected chi connectivity index (χ4v) is 3.31. The largest absolute Gasteiger partial charge is 0.347 e. The molecule has 8 heteroatoms. The predicted octanol–water partition coefficient (Wildman–Crippen LogP) is 0.452. The van der Waals surface area contributed by atoms with Crippen LogP contribution in [0.1, 0.15) is 32.2 Å². The van der Waals surface area contributed by atoms with Crippen LogP contribution in [-0.2, 0) is 25.6 Å². The van der Waals surface area contributed by atoms with Crippen LogP contribution in [0.15, 0.2) is 34.0 Å². The lowest BCUT2D eigenvalue weighted by Gasteiger charge is -2.34. The lowest BCUT2D eigenvalue weighted by atomic mass is 9.92. The Bertz CT molecular complexity index is 919. The van der Waals surface area contributed by atoms with Gasteiger partial charge in [0.1, 0.15) is 0 Å². The zero-order valence-corrected chi connectivity index (χ0v) is 17.3. The topological polar surface area (TPSA) is 76.3 Å². The first-order valence-electron chi connectivity index (χ1n) is 9.78. The van der Waals surface area contributed by atoms with Crippen molar-refractivity contribution in [3.8, 4) is 0 Å². The van der Waals surface area contributed by atoms with Crippen LogP contribution in [0.5, 0.6) is 0 Å². The maximum atomic E-state index is 12.1. The Kier molecular flexibility index (Phi) is 6.10. The van der Waals surface area contributed by atoms with Crippen molar-refractivity contribution in [2.75, 3.05) is 32.7 Å². The fourth-order valence-electron chi connectivity index (χ4n) is 3.31. The maximum Gasteiger partial charge on any atom is 0.347 e. The van der Waals surface area contributed by atoms with E-state index in [2.05, 4.69) is 40.7 Å². The summed E-state index contributed by atoms with van der Waals surface area (Å²) in [6, 6.07) is 5.34. The first kappa shape index (κ1) is 20.4. The van der Waals surface area contributed by atoms with Crippen molar-refractivity contribution in [1.29, 1.82) is 0 Å². The summed E-state index contributed by atoms with van der Waals surface area (Å²) in [6.07, 6.45) is 1.57. The van der Waals surface area contributed by atoms with Crippen molar-refractivity contribution in [2.24, 2.45) is 7.05 Å². The Balaban J connectivity index is 1.53. The molecule has 152 valence electrons. The van der Waals surface area contributed by atoms with Gasteiger partial charge in [0, 0.05) is 69.7 Å². The summed E-state index contributed by atoms with van der Waals surface area (Å²) in [4.78, 5) is 32.3. The summed E-state index contributed by atoms with van der Waals surface area (Å²) in [5, 5.41) is 4.55. The van der Waals surface area contributed by atoms with Gasteiger partial charge >= 0.3 is 5.69 Å². The molecule has 0 bridgehead atoms. The van der Waals surface area contributed by atoms with Gasteiger partial charge in [-0.05, 0) is 12.1 Å². The molecule has 0 atom stereocenters. The lowest BCUT2D eigenvalue weighted by Crippen LogP contribution is -2.47. The average Bonchev–Trinajstić information content (AvgIpc) is 2.65. The Morgan fingerprint density at radius 1 is 0.964 bits per heavy atom. The van der Waals surface area contributed by atoms with Gasteiger partial charge in [-0.2, -0.15) is 5.10 Å². The van der Waals surface area contributed by atoms with Gasteiger partial charge < -0.3 is 0 Å². The number of piperazine rings is 1. The molecule has 0 spiro atoms. The molecule has 3 rings (SSSR count). The fraction of sp³-hybridized carbons (Fsp3) is 0.600. The van der Waals surface area contributed by atoms with Crippen molar-refractivity contribution in [2.45, 2.75) is 39.3 Å². The van der Waals surface area contributed by atoms with E-state index in [1.165, 1.54) is 0 Å². The number of rotatable bonds is 5. The van der Waals surface area contributed by atoms with Gasteiger partial charge in [-0.3, -0.25) is 19.2 Å². The average molecular weight is 387 g/mol. The van der Waals surface area contributed by atoms with Crippen LogP contribution in [0.2, 0.25) is 0 Å². The van der Waals surface area contributed by atoms with Crippen LogP contribution >= 0.6 is 0 Å². The van der Waals surface area contributed by atoms with Crippen LogP contribution in [0.4, 0.5) is 0 Å². The van der Waals surface area contributed by atoms with E-state index < -0.39 is 0 Å². The van der Waals surface area contributed by atoms with Gasteiger partial charge in [-0.1, -0.05) is 20.8 Å². The van der Waals surface area contributed by atoms with Crippen molar-refractivity contribution in [1.82, 2.24) is 29.1 Å². The van der Waals surface area contributed by atoms with Gasteiger partial charge in [0.15, 0.2) is 0 Å². The minimum absolute atomic E-state index is 0.0507. The zero-order valence-electron chi connectivity index (χ0n) is 17.3. The standard InChI is InChI=1S/C20H30N6O2/c1-20(2,3)17-5-6-18(27)26(22-17)14-13-24-9-11-25(12-10-24)15-16-7-8-21-19(28)23(16)4/h5-8H,9-15H2,1-4H3. The minimum atomic E-state index is -0.216. The highest BCUT2D eigenvalue weighted by atomic mass is 16.1. The molecule has 0 aliphatic carbocycles. The van der Waals surface area contributed by atoms with Gasteiger partial charge in [0.05, 0.1) is 12.2 Å². The highest BCUT2D eigenvalue weighted by Gasteiger charge is 2.19. The quantitative estimate of drug-likeness (QED) is 0.743. The Hall–Kier alpha value is -2.32. The smallest absolute Gasteiger partial charge is 0.299 e. The predicted molar refractivity (Wildman–Crippen MR) is 108 cm³/mol. The van der Waals surface area contributed by atoms with Gasteiger partial charge in [0.2, 0.25) is 0 Å². The van der Waals surface area contributed by atoms with Crippen LogP contribution in [-0.4, -0.2) is 61.9 Å². The Morgan fingerprint density at radius 2 is 1.64 bits per heavy atom. The highest BCUT2D eigenvalue weighted by molar-refractivity contribution is 5.10. The summed E-state index contributed by atoms with van der Waals surface area (Å²) in [5.41, 5.74) is 1.56. The molecule has 3 heterocycles. The second-order valence-corrected chi connectivity index (χ2v) is 8.43. The van der Waals surface area contributed by atoms with Crippen molar-refractivity contribution >= 4 is 0 Å². The molecule has 2 aromatic rings. The monoisotopic (exact) mass is 386 g/mol. The molecule has 8 nitrogen and oxygen atoms in total. The van der Waals surface area contributed by atoms with E-state index >= 15 is 0 Å². The molecule has 1 saturated heterocycles. The zero-order chi connectivity index (χ0) is 20.3. The SMILES string of the molecule is Cn1c(CN2CCN(CCn3nc(C(C)(C)C)ccc3=O)CC2)ccnc1=O. The normalized spacial score (nSPS) is 16.4. The summed E-state index contributed by atoms with van der Waals surface area (Å²) in [6.45, 7) is 12.2. The molecule has 0 aromatic carbocycles. The summed E-state index contributed by atoms with van der Waals surface area (Å²) >= 11 is 0. The van der Waals surface area contributed by atoms with E-state index in [9.17, 15) is 9.59 Å². The molecule has 1 aliphatic rings. The molecule has 0 radical (unpaired) electrons. The first-order chi connectivity index (χ1) is 13.2. The number of hydrogen-bond acceptors (Lipinski definition) is 6. The third-order valence-electron chi connectivity index (χ3n) is 5.28. The van der Waals surface area contributed by atoms with Crippen molar-refractivity contribution in [3.63, 3.8) is 0 Å². The molecular weight excluding hydrogens is 356 g/mol. The maximum absolute atomic E-state index is 12.1. The minimum Gasteiger partial charge on any atom is -0.299 e. The second kappa shape index (κ2) is 8.36. The van der Waals surface area contributed by atoms with Crippen LogP contribution in [0.3, 0.4) is 0 Å². The molecule has 0 amide bonds. The van der Waals surface area contributed by atoms with E-state index in [0.717, 1.165) is 50.7 Å². The molecule has 28 heavy (non-hydrogen) atoms. The third-order valence-corrected chi connectivity index (χ3v) is 5.28. The Morgan fingerprint density at radius 3 is 2.32 bits per heavy atom. The number of nitrogens with zero attached hydrogens (tertiary/aromatic N) is 6. The van der Waals surface area contributed by atoms with E-state index in [0.29, 0.717) is 6.54 Å². The van der Waals surface area contributed by atoms with E-state index in [-0.39, 0.29) is 16.7 Å². The van der Waals surface area contributed by atoms with Gasteiger partial charge in [-0.25, -0.2) is 14.5 Å². The molecule has 0 N–H and O–H groups in total. The summed E-state index contributed by atoms with van der Waals surface area (Å²) in [7, 11) is 1.76. The molecule has 2 aromatic heterocycles. The van der Waals surface area contributed by atoms with Crippen LogP contribution in [0, 0.1) is 0 Å². The van der Waals surface area contributed by atoms with E-state index in [1.54, 1.807) is 28.6 Å². The molecule has 1 aliphatic heterocycles. The third kappa shape index (κ3) is 4.94. The summed E-state index contributed by atoms with van der Waals surface area (Å²) < 4.78 is 3.19. The van der Waals surface area contributed by atoms with Crippen LogP contribution in [0.25, 0.3) is 0 Å². The highest BCUT2D eigenvalue weighted by Crippen LogP contribution is 2.18. The Labute approximate surface area is 165 Å². The molecule has 0 unspecified atom stereocenters. The molecule has 1 fully saturated rings. The van der Waals surface area contributed by atoms with E-state index in [1.807, 2.05) is 12.1 Å². The summed E-state index contributed by atoms with van der Waals surface area (Å²) in [5.74, 6) is 0. The number of aromatic nitrogens is 4. The van der Waals surface area contributed by atoms with E-state index in [4.69, 9.17) is 0 Å². The second-order valence-electron chi connectivity index (χ2n) is 8.43. The molecular formula is C20H30N6O2. The van der Waals surface area contributed by atoms with Gasteiger partial charge in [-0.15, -0.1) is 0 Å². The molecule has 0 saturated carbocycles. The first-order valence-corrected chi connectivity index (χ1v) is 9.78. The van der Waals surface area contributed by atoms with Crippen molar-refractivity contribution < 1.29 is 0 Å². The van der Waals surface area contributed by atoms with Gasteiger partial charge in [0.25, 0.3) is 5.56 Å². The van der Waals surface area contributed by atoms with Crippen LogP contribution < -0.4 is 11.2 Å². The number of hydrogen-bond donors (Lipinski definition) is 0. The van der Waals surface area contributed by atoms with Crippen molar-refractivity contribution in [3.05, 3.63) is 56.6 Å². The lowest BCUT2D eigenvalue weighted by molar-refractivity contribution is 0.120.